The molecule has 162 valence electrons. The first-order valence-corrected chi connectivity index (χ1v) is 9.95. The Hall–Kier alpha value is -2.55. The van der Waals surface area contributed by atoms with Crippen molar-refractivity contribution < 1.29 is 18.7 Å². The van der Waals surface area contributed by atoms with Gasteiger partial charge in [0.15, 0.2) is 11.6 Å². The smallest absolute Gasteiger partial charge is 0.412 e. The second-order valence-electron chi connectivity index (χ2n) is 7.77. The Labute approximate surface area is 171 Å². The van der Waals surface area contributed by atoms with Gasteiger partial charge in [0.1, 0.15) is 17.1 Å². The largest absolute Gasteiger partial charge is 0.488 e. The molecule has 5 N–H and O–H groups in total. The van der Waals surface area contributed by atoms with E-state index in [0.29, 0.717) is 11.4 Å². The Balaban J connectivity index is 2.24. The van der Waals surface area contributed by atoms with Gasteiger partial charge in [-0.2, -0.15) is 0 Å². The molecule has 1 aliphatic carbocycles. The molecule has 0 spiro atoms. The summed E-state index contributed by atoms with van der Waals surface area (Å²) in [7, 11) is 1.47. The van der Waals surface area contributed by atoms with Gasteiger partial charge in [-0.3, -0.25) is 10.3 Å². The maximum absolute atomic E-state index is 14.8. The average molecular weight is 410 g/mol. The summed E-state index contributed by atoms with van der Waals surface area (Å²) >= 11 is 0. The number of aromatic nitrogens is 1. The molecule has 0 aromatic carbocycles. The van der Waals surface area contributed by atoms with Crippen LogP contribution in [0.25, 0.3) is 5.70 Å². The van der Waals surface area contributed by atoms with Gasteiger partial charge in [-0.1, -0.05) is 20.3 Å². The number of pyridine rings is 1. The van der Waals surface area contributed by atoms with E-state index in [-0.39, 0.29) is 35.8 Å². The number of alkyl carbamates (subject to hydrolysis) is 1. The van der Waals surface area contributed by atoms with Crippen LogP contribution in [0.5, 0.6) is 5.75 Å². The van der Waals surface area contributed by atoms with Gasteiger partial charge < -0.3 is 15.2 Å². The number of nitrogens with two attached hydrogens (primary N) is 2. The molecule has 0 saturated heterocycles. The molecule has 0 aliphatic heterocycles. The number of carbonyl (C=O) groups excluding carboxylic acids is 1. The quantitative estimate of drug-likeness (QED) is 0.468. The zero-order valence-electron chi connectivity index (χ0n) is 17.6. The number of amides is 1. The Kier molecular flexibility index (Phi) is 8.07. The predicted molar refractivity (Wildman–Crippen MR) is 109 cm³/mol. The van der Waals surface area contributed by atoms with Gasteiger partial charge in [0.25, 0.3) is 0 Å². The zero-order chi connectivity index (χ0) is 21.6. The summed E-state index contributed by atoms with van der Waals surface area (Å²) < 4.78 is 25.8. The van der Waals surface area contributed by atoms with Gasteiger partial charge in [0.2, 0.25) is 0 Å². The van der Waals surface area contributed by atoms with Crippen LogP contribution in [-0.4, -0.2) is 35.8 Å². The standard InChI is InChI=1S/C20H32FN5O3/c1-12(2)11-28-20(27)25-19(26(4)23)17(22)18-15(21)10-16(13(3)24-18)29-14-8-6-5-7-9-14/h10,12,14H,5-9,11,22-23H2,1-4H3,(H,25,27)/b19-17-. The molecule has 2 rings (SSSR count). The molecule has 9 heteroatoms. The van der Waals surface area contributed by atoms with Gasteiger partial charge in [-0.05, 0) is 38.5 Å². The normalized spacial score (nSPS) is 15.7. The third-order valence-electron chi connectivity index (χ3n) is 4.60. The maximum atomic E-state index is 14.8. The van der Waals surface area contributed by atoms with Crippen molar-refractivity contribution in [3.05, 3.63) is 29.1 Å². The van der Waals surface area contributed by atoms with E-state index in [0.717, 1.165) is 30.7 Å². The zero-order valence-corrected chi connectivity index (χ0v) is 17.6. The lowest BCUT2D eigenvalue weighted by Crippen LogP contribution is -2.39. The van der Waals surface area contributed by atoms with Crippen molar-refractivity contribution >= 4 is 11.8 Å². The number of nitrogens with one attached hydrogen (secondary N) is 1. The fourth-order valence-corrected chi connectivity index (χ4v) is 3.07. The Morgan fingerprint density at radius 1 is 1.38 bits per heavy atom. The number of rotatable bonds is 7. The number of ether oxygens (including phenoxy) is 2. The van der Waals surface area contributed by atoms with Crippen LogP contribution in [0.2, 0.25) is 0 Å². The summed E-state index contributed by atoms with van der Waals surface area (Å²) in [5.74, 6) is 5.67. The van der Waals surface area contributed by atoms with E-state index in [9.17, 15) is 9.18 Å². The number of hydrazine groups is 1. The van der Waals surface area contributed by atoms with Crippen molar-refractivity contribution in [3.63, 3.8) is 0 Å². The molecule has 1 aromatic heterocycles. The molecular weight excluding hydrogens is 377 g/mol. The van der Waals surface area contributed by atoms with Crippen LogP contribution in [0.3, 0.4) is 0 Å². The molecule has 1 aliphatic rings. The minimum atomic E-state index is -0.733. The van der Waals surface area contributed by atoms with Crippen LogP contribution in [0.15, 0.2) is 11.9 Å². The van der Waals surface area contributed by atoms with Crippen molar-refractivity contribution in [2.24, 2.45) is 17.5 Å². The second kappa shape index (κ2) is 10.3. The monoisotopic (exact) mass is 409 g/mol. The number of hydrogen-bond acceptors (Lipinski definition) is 7. The van der Waals surface area contributed by atoms with Crippen molar-refractivity contribution in [1.29, 1.82) is 0 Å². The Morgan fingerprint density at radius 3 is 2.62 bits per heavy atom. The molecule has 0 bridgehead atoms. The molecule has 8 nitrogen and oxygen atoms in total. The van der Waals surface area contributed by atoms with E-state index in [1.54, 1.807) is 6.92 Å². The van der Waals surface area contributed by atoms with E-state index >= 15 is 0 Å². The lowest BCUT2D eigenvalue weighted by atomic mass is 9.98. The highest BCUT2D eigenvalue weighted by atomic mass is 19.1. The summed E-state index contributed by atoms with van der Waals surface area (Å²) in [6, 6.07) is 1.28. The molecule has 29 heavy (non-hydrogen) atoms. The van der Waals surface area contributed by atoms with Crippen LogP contribution in [-0.2, 0) is 4.74 Å². The number of halogens is 1. The summed E-state index contributed by atoms with van der Waals surface area (Å²) in [6.07, 6.45) is 4.67. The van der Waals surface area contributed by atoms with Crippen LogP contribution >= 0.6 is 0 Å². The Bertz CT molecular complexity index is 746. The second-order valence-corrected chi connectivity index (χ2v) is 7.77. The van der Waals surface area contributed by atoms with Gasteiger partial charge in [-0.25, -0.2) is 20.0 Å². The van der Waals surface area contributed by atoms with Gasteiger partial charge in [-0.15, -0.1) is 0 Å². The summed E-state index contributed by atoms with van der Waals surface area (Å²) in [4.78, 5) is 16.3. The number of nitrogens with zero attached hydrogens (tertiary/aromatic N) is 2. The molecule has 0 unspecified atom stereocenters. The molecule has 1 saturated carbocycles. The van der Waals surface area contributed by atoms with Gasteiger partial charge in [0, 0.05) is 13.1 Å². The van der Waals surface area contributed by atoms with Crippen LogP contribution < -0.4 is 21.6 Å². The summed E-state index contributed by atoms with van der Waals surface area (Å²) in [5, 5.41) is 3.53. The highest BCUT2D eigenvalue weighted by molar-refractivity contribution is 5.74. The Morgan fingerprint density at radius 2 is 2.03 bits per heavy atom. The molecule has 1 heterocycles. The first kappa shape index (κ1) is 22.7. The van der Waals surface area contributed by atoms with Crippen LogP contribution in [0.1, 0.15) is 57.3 Å². The molecule has 0 atom stereocenters. The third-order valence-corrected chi connectivity index (χ3v) is 4.60. The first-order chi connectivity index (χ1) is 13.7. The lowest BCUT2D eigenvalue weighted by molar-refractivity contribution is 0.133. The lowest BCUT2D eigenvalue weighted by Gasteiger charge is -2.24. The average Bonchev–Trinajstić information content (AvgIpc) is 2.67. The van der Waals surface area contributed by atoms with E-state index in [4.69, 9.17) is 21.1 Å². The van der Waals surface area contributed by atoms with Crippen molar-refractivity contribution in [2.75, 3.05) is 13.7 Å². The highest BCUT2D eigenvalue weighted by Gasteiger charge is 2.21. The van der Waals surface area contributed by atoms with Gasteiger partial charge >= 0.3 is 6.09 Å². The highest BCUT2D eigenvalue weighted by Crippen LogP contribution is 2.28. The van der Waals surface area contributed by atoms with E-state index in [1.165, 1.54) is 19.5 Å². The maximum Gasteiger partial charge on any atom is 0.412 e. The number of hydrogen-bond donors (Lipinski definition) is 3. The molecule has 1 aromatic rings. The van der Waals surface area contributed by atoms with Crippen LogP contribution in [0, 0.1) is 18.7 Å². The van der Waals surface area contributed by atoms with Crippen molar-refractivity contribution in [3.8, 4) is 5.75 Å². The molecular formula is C20H32FN5O3. The van der Waals surface area contributed by atoms with Crippen molar-refractivity contribution in [1.82, 2.24) is 15.3 Å². The summed E-state index contributed by atoms with van der Waals surface area (Å²) in [6.45, 7) is 5.77. The fourth-order valence-electron chi connectivity index (χ4n) is 3.07. The van der Waals surface area contributed by atoms with E-state index in [2.05, 4.69) is 10.3 Å². The van der Waals surface area contributed by atoms with Crippen LogP contribution in [0.4, 0.5) is 9.18 Å². The van der Waals surface area contributed by atoms with Crippen molar-refractivity contribution in [2.45, 2.75) is 59.0 Å². The fraction of sp³-hybridized carbons (Fsp3) is 0.600. The van der Waals surface area contributed by atoms with Gasteiger partial charge in [0.05, 0.1) is 18.4 Å². The number of aryl methyl sites for hydroxylation is 1. The molecule has 1 fully saturated rings. The summed E-state index contributed by atoms with van der Waals surface area (Å²) in [5.41, 5.74) is 6.38. The molecule has 1 amide bonds. The number of carbonyl (C=O) groups is 1. The molecule has 0 radical (unpaired) electrons. The first-order valence-electron chi connectivity index (χ1n) is 9.95. The minimum Gasteiger partial charge on any atom is -0.488 e. The predicted octanol–water partition coefficient (Wildman–Crippen LogP) is 3.01. The SMILES string of the molecule is Cc1nc(/C(N)=C(\NC(=O)OCC(C)C)N(C)N)c(F)cc1OC1CCCCC1. The topological polar surface area (TPSA) is 116 Å². The van der Waals surface area contributed by atoms with E-state index < -0.39 is 11.9 Å². The van der Waals surface area contributed by atoms with E-state index in [1.807, 2.05) is 13.8 Å². The third kappa shape index (κ3) is 6.49. The minimum absolute atomic E-state index is 0.00879.